The Hall–Kier alpha value is -2.06. The van der Waals surface area contributed by atoms with Gasteiger partial charge in [-0.2, -0.15) is 0 Å². The van der Waals surface area contributed by atoms with Crippen LogP contribution in [0.15, 0.2) is 42.5 Å². The summed E-state index contributed by atoms with van der Waals surface area (Å²) < 4.78 is 6.27. The van der Waals surface area contributed by atoms with Gasteiger partial charge in [0.2, 0.25) is 5.91 Å². The van der Waals surface area contributed by atoms with Crippen LogP contribution < -0.4 is 9.64 Å². The third-order valence-electron chi connectivity index (χ3n) is 4.97. The fourth-order valence-corrected chi connectivity index (χ4v) is 6.39. The quantitative estimate of drug-likeness (QED) is 0.324. The van der Waals surface area contributed by atoms with Crippen molar-refractivity contribution < 1.29 is 9.53 Å². The highest BCUT2D eigenvalue weighted by Gasteiger charge is 2.42. The van der Waals surface area contributed by atoms with Gasteiger partial charge in [-0.15, -0.1) is 11.8 Å². The van der Waals surface area contributed by atoms with E-state index in [1.165, 1.54) is 23.1 Å². The van der Waals surface area contributed by atoms with E-state index in [2.05, 4.69) is 9.97 Å². The molecule has 5 rings (SSSR count). The average molecular weight is 476 g/mol. The number of pyridine rings is 1. The topological polar surface area (TPSA) is 55.3 Å². The summed E-state index contributed by atoms with van der Waals surface area (Å²) in [5.41, 5.74) is 2.36. The SMILES string of the molecule is COc1ccc2nc(Cl)c(C3SC(C)C(=O)N3c3nc4ccc(Cl)cc4s3)cc2c1. The summed E-state index contributed by atoms with van der Waals surface area (Å²) in [6.07, 6.45) is 0. The highest BCUT2D eigenvalue weighted by molar-refractivity contribution is 8.01. The molecule has 3 heterocycles. The van der Waals surface area contributed by atoms with Crippen molar-refractivity contribution in [2.75, 3.05) is 12.0 Å². The van der Waals surface area contributed by atoms with Crippen molar-refractivity contribution in [3.8, 4) is 5.75 Å². The summed E-state index contributed by atoms with van der Waals surface area (Å²) in [5.74, 6) is 0.734. The van der Waals surface area contributed by atoms with Gasteiger partial charge in [0.1, 0.15) is 16.3 Å². The van der Waals surface area contributed by atoms with Crippen molar-refractivity contribution >= 4 is 78.5 Å². The van der Waals surface area contributed by atoms with Crippen LogP contribution in [0.3, 0.4) is 0 Å². The van der Waals surface area contributed by atoms with Gasteiger partial charge in [0.15, 0.2) is 5.13 Å². The molecule has 30 heavy (non-hydrogen) atoms. The lowest BCUT2D eigenvalue weighted by molar-refractivity contribution is -0.117. The van der Waals surface area contributed by atoms with Crippen LogP contribution in [0, 0.1) is 0 Å². The van der Waals surface area contributed by atoms with Crippen LogP contribution in [-0.4, -0.2) is 28.2 Å². The minimum Gasteiger partial charge on any atom is -0.497 e. The molecule has 1 saturated heterocycles. The molecule has 2 aromatic heterocycles. The van der Waals surface area contributed by atoms with Crippen LogP contribution in [0.1, 0.15) is 17.9 Å². The molecule has 0 spiro atoms. The van der Waals surface area contributed by atoms with Crippen molar-refractivity contribution in [3.63, 3.8) is 0 Å². The number of nitrogens with zero attached hydrogens (tertiary/aromatic N) is 3. The fourth-order valence-electron chi connectivity index (χ4n) is 3.47. The third-order valence-corrected chi connectivity index (χ3v) is 7.85. The van der Waals surface area contributed by atoms with Crippen molar-refractivity contribution in [1.29, 1.82) is 0 Å². The first-order valence-corrected chi connectivity index (χ1v) is 11.6. The van der Waals surface area contributed by atoms with Gasteiger partial charge in [-0.25, -0.2) is 9.97 Å². The standard InChI is InChI=1S/C21H15Cl2N3O2S2/c1-10-19(27)26(21-25-16-5-3-12(22)9-17(16)30-21)20(29-10)14-8-11-7-13(28-2)4-6-15(11)24-18(14)23/h3-10,20H,1-2H3. The Labute approximate surface area is 191 Å². The zero-order valence-corrected chi connectivity index (χ0v) is 19.1. The highest BCUT2D eigenvalue weighted by atomic mass is 35.5. The number of benzene rings is 2. The van der Waals surface area contributed by atoms with Crippen molar-refractivity contribution in [2.24, 2.45) is 0 Å². The highest BCUT2D eigenvalue weighted by Crippen LogP contribution is 2.49. The smallest absolute Gasteiger partial charge is 0.242 e. The molecule has 5 nitrogen and oxygen atoms in total. The minimum atomic E-state index is -0.320. The number of methoxy groups -OCH3 is 1. The molecule has 2 atom stereocenters. The number of amides is 1. The van der Waals surface area contributed by atoms with Crippen molar-refractivity contribution in [3.05, 3.63) is 58.2 Å². The van der Waals surface area contributed by atoms with E-state index in [0.29, 0.717) is 15.3 Å². The second-order valence-corrected chi connectivity index (χ2v) is 10.1. The number of thiazole rings is 1. The predicted octanol–water partition coefficient (Wildman–Crippen LogP) is 6.33. The number of thioether (sulfide) groups is 1. The first-order chi connectivity index (χ1) is 14.4. The molecule has 2 unspecified atom stereocenters. The van der Waals surface area contributed by atoms with Crippen molar-refractivity contribution in [2.45, 2.75) is 17.5 Å². The Morgan fingerprint density at radius 3 is 2.67 bits per heavy atom. The number of fused-ring (bicyclic) bond motifs is 2. The van der Waals surface area contributed by atoms with Crippen LogP contribution in [0.2, 0.25) is 10.2 Å². The monoisotopic (exact) mass is 475 g/mol. The number of hydrogen-bond acceptors (Lipinski definition) is 6. The summed E-state index contributed by atoms with van der Waals surface area (Å²) in [7, 11) is 1.62. The number of ether oxygens (including phenoxy) is 1. The van der Waals surface area contributed by atoms with Gasteiger partial charge in [0.25, 0.3) is 0 Å². The van der Waals surface area contributed by atoms with Gasteiger partial charge in [0, 0.05) is 16.0 Å². The predicted molar refractivity (Wildman–Crippen MR) is 125 cm³/mol. The molecule has 2 aromatic carbocycles. The molecule has 0 saturated carbocycles. The maximum absolute atomic E-state index is 13.1. The van der Waals surface area contributed by atoms with Crippen LogP contribution in [0.25, 0.3) is 21.1 Å². The van der Waals surface area contributed by atoms with Gasteiger partial charge in [-0.05, 0) is 49.4 Å². The second kappa shape index (κ2) is 7.57. The van der Waals surface area contributed by atoms with Gasteiger partial charge in [0.05, 0.1) is 28.1 Å². The number of anilines is 1. The zero-order valence-electron chi connectivity index (χ0n) is 15.9. The van der Waals surface area contributed by atoms with Gasteiger partial charge in [-0.1, -0.05) is 34.5 Å². The molecule has 0 radical (unpaired) electrons. The van der Waals surface area contributed by atoms with Crippen LogP contribution in [0.5, 0.6) is 5.75 Å². The molecule has 1 aliphatic rings. The Morgan fingerprint density at radius 1 is 1.07 bits per heavy atom. The lowest BCUT2D eigenvalue weighted by atomic mass is 10.1. The first kappa shape index (κ1) is 19.9. The molecule has 9 heteroatoms. The Balaban J connectivity index is 1.64. The molecule has 0 aliphatic carbocycles. The number of carbonyl (C=O) groups excluding carboxylic acids is 1. The lowest BCUT2D eigenvalue weighted by Crippen LogP contribution is -2.30. The number of rotatable bonds is 3. The zero-order chi connectivity index (χ0) is 21.0. The van der Waals surface area contributed by atoms with E-state index < -0.39 is 0 Å². The number of aromatic nitrogens is 2. The van der Waals surface area contributed by atoms with Gasteiger partial charge >= 0.3 is 0 Å². The third kappa shape index (κ3) is 3.30. The summed E-state index contributed by atoms with van der Waals surface area (Å²) in [6, 6.07) is 13.1. The number of carbonyl (C=O) groups is 1. The van der Waals surface area contributed by atoms with Gasteiger partial charge < -0.3 is 4.74 Å². The fraction of sp³-hybridized carbons (Fsp3) is 0.190. The molecule has 0 bridgehead atoms. The summed E-state index contributed by atoms with van der Waals surface area (Å²) in [4.78, 5) is 24.0. The molecular weight excluding hydrogens is 461 g/mol. The molecule has 1 amide bonds. The van der Waals surface area contributed by atoms with E-state index in [4.69, 9.17) is 27.9 Å². The van der Waals surface area contributed by atoms with Gasteiger partial charge in [-0.3, -0.25) is 9.69 Å². The molecular formula is C21H15Cl2N3O2S2. The maximum atomic E-state index is 13.1. The van der Waals surface area contributed by atoms with Crippen molar-refractivity contribution in [1.82, 2.24) is 9.97 Å². The summed E-state index contributed by atoms with van der Waals surface area (Å²) in [6.45, 7) is 1.90. The van der Waals surface area contributed by atoms with Crippen LogP contribution in [0.4, 0.5) is 5.13 Å². The van der Waals surface area contributed by atoms with E-state index in [1.807, 2.05) is 43.3 Å². The van der Waals surface area contributed by atoms with Crippen LogP contribution in [-0.2, 0) is 4.79 Å². The van der Waals surface area contributed by atoms with E-state index in [-0.39, 0.29) is 16.5 Å². The average Bonchev–Trinajstić information content (AvgIpc) is 3.27. The Bertz CT molecular complexity index is 1310. The van der Waals surface area contributed by atoms with E-state index in [9.17, 15) is 4.79 Å². The summed E-state index contributed by atoms with van der Waals surface area (Å²) in [5, 5.41) is 2.00. The minimum absolute atomic E-state index is 0.00282. The molecule has 152 valence electrons. The molecule has 1 aliphatic heterocycles. The number of hydrogen-bond donors (Lipinski definition) is 0. The largest absolute Gasteiger partial charge is 0.497 e. The van der Waals surface area contributed by atoms with E-state index in [0.717, 1.165) is 32.4 Å². The number of halogens is 2. The van der Waals surface area contributed by atoms with E-state index >= 15 is 0 Å². The molecule has 4 aromatic rings. The lowest BCUT2D eigenvalue weighted by Gasteiger charge is -2.22. The molecule has 0 N–H and O–H groups in total. The first-order valence-electron chi connectivity index (χ1n) is 9.13. The van der Waals surface area contributed by atoms with E-state index in [1.54, 1.807) is 18.1 Å². The Morgan fingerprint density at radius 2 is 1.87 bits per heavy atom. The Kier molecular flexibility index (Phi) is 5.01. The second-order valence-electron chi connectivity index (χ2n) is 6.87. The summed E-state index contributed by atoms with van der Waals surface area (Å²) >= 11 is 15.7. The van der Waals surface area contributed by atoms with Crippen LogP contribution >= 0.6 is 46.3 Å². The molecule has 1 fully saturated rings. The normalized spacial score (nSPS) is 19.2. The maximum Gasteiger partial charge on any atom is 0.242 e.